The Labute approximate surface area is 171 Å². The number of nitrogens with zero attached hydrogens (tertiary/aromatic N) is 4. The van der Waals surface area contributed by atoms with Gasteiger partial charge >= 0.3 is 0 Å². The number of benzene rings is 3. The summed E-state index contributed by atoms with van der Waals surface area (Å²) in [5.74, 6) is 0.340. The smallest absolute Gasteiger partial charge is 0.244 e. The Bertz CT molecular complexity index is 1080. The lowest BCUT2D eigenvalue weighted by Gasteiger charge is -2.09. The van der Waals surface area contributed by atoms with Crippen molar-refractivity contribution in [1.82, 2.24) is 15.2 Å². The normalized spacial score (nSPS) is 10.9. The van der Waals surface area contributed by atoms with Crippen molar-refractivity contribution in [3.05, 3.63) is 95.0 Å². The van der Waals surface area contributed by atoms with Crippen LogP contribution in [-0.2, 0) is 0 Å². The van der Waals surface area contributed by atoms with Gasteiger partial charge in [-0.1, -0.05) is 88.7 Å². The molecule has 0 fully saturated rings. The molecular weight excluding hydrogens is 414 g/mol. The van der Waals surface area contributed by atoms with Crippen LogP contribution < -0.4 is 5.43 Å². The van der Waals surface area contributed by atoms with Crippen molar-refractivity contribution in [2.75, 3.05) is 5.43 Å². The number of hydrazone groups is 1. The van der Waals surface area contributed by atoms with Crippen LogP contribution in [0.15, 0.2) is 94.5 Å². The highest BCUT2D eigenvalue weighted by Crippen LogP contribution is 2.28. The summed E-state index contributed by atoms with van der Waals surface area (Å²) in [6.07, 6.45) is 1.71. The van der Waals surface area contributed by atoms with Crippen molar-refractivity contribution < 1.29 is 0 Å². The Morgan fingerprint density at radius 3 is 1.96 bits per heavy atom. The van der Waals surface area contributed by atoms with Crippen molar-refractivity contribution in [3.63, 3.8) is 0 Å². The lowest BCUT2D eigenvalue weighted by molar-refractivity contribution is 0.973. The number of aromatic nitrogens is 3. The molecule has 1 aromatic heterocycles. The number of anilines is 1. The molecule has 0 spiro atoms. The van der Waals surface area contributed by atoms with E-state index in [1.807, 2.05) is 84.9 Å². The Balaban J connectivity index is 1.65. The van der Waals surface area contributed by atoms with E-state index in [1.54, 1.807) is 6.21 Å². The van der Waals surface area contributed by atoms with Gasteiger partial charge in [0, 0.05) is 15.6 Å². The van der Waals surface area contributed by atoms with Crippen molar-refractivity contribution in [2.45, 2.75) is 0 Å². The Hall–Kier alpha value is -3.38. The van der Waals surface area contributed by atoms with Crippen molar-refractivity contribution >= 4 is 28.1 Å². The molecule has 0 radical (unpaired) electrons. The predicted molar refractivity (Wildman–Crippen MR) is 116 cm³/mol. The zero-order valence-electron chi connectivity index (χ0n) is 14.8. The van der Waals surface area contributed by atoms with Gasteiger partial charge in [0.15, 0.2) is 0 Å². The first-order valence-electron chi connectivity index (χ1n) is 8.70. The molecule has 0 bridgehead atoms. The fourth-order valence-corrected chi connectivity index (χ4v) is 2.94. The SMILES string of the molecule is Brc1ccc(/C=N/Nc2nnc(-c3ccccc3)c(-c3ccccc3)n2)cc1. The highest BCUT2D eigenvalue weighted by molar-refractivity contribution is 9.10. The summed E-state index contributed by atoms with van der Waals surface area (Å²) in [4.78, 5) is 4.66. The quantitative estimate of drug-likeness (QED) is 0.340. The van der Waals surface area contributed by atoms with Gasteiger partial charge in [-0.25, -0.2) is 10.4 Å². The van der Waals surface area contributed by atoms with Crippen LogP contribution in [0.5, 0.6) is 0 Å². The second kappa shape index (κ2) is 8.54. The molecule has 136 valence electrons. The van der Waals surface area contributed by atoms with Crippen LogP contribution in [0, 0.1) is 0 Å². The summed E-state index contributed by atoms with van der Waals surface area (Å²) in [7, 11) is 0. The zero-order chi connectivity index (χ0) is 19.2. The summed E-state index contributed by atoms with van der Waals surface area (Å²) in [5, 5.41) is 12.8. The van der Waals surface area contributed by atoms with Crippen molar-refractivity contribution in [3.8, 4) is 22.5 Å². The number of hydrogen-bond acceptors (Lipinski definition) is 5. The number of nitrogens with one attached hydrogen (secondary N) is 1. The fraction of sp³-hybridized carbons (Fsp3) is 0. The first-order valence-corrected chi connectivity index (χ1v) is 9.49. The molecule has 0 unspecified atom stereocenters. The van der Waals surface area contributed by atoms with Crippen LogP contribution in [0.4, 0.5) is 5.95 Å². The van der Waals surface area contributed by atoms with Gasteiger partial charge < -0.3 is 0 Å². The Kier molecular flexibility index (Phi) is 5.49. The maximum atomic E-state index is 4.66. The third kappa shape index (κ3) is 4.29. The zero-order valence-corrected chi connectivity index (χ0v) is 16.4. The van der Waals surface area contributed by atoms with Gasteiger partial charge in [-0.15, -0.1) is 10.2 Å². The van der Waals surface area contributed by atoms with Gasteiger partial charge in [-0.2, -0.15) is 5.10 Å². The summed E-state index contributed by atoms with van der Waals surface area (Å²) < 4.78 is 1.02. The average molecular weight is 430 g/mol. The lowest BCUT2D eigenvalue weighted by Crippen LogP contribution is -2.03. The third-order valence-corrected chi connectivity index (χ3v) is 4.56. The number of halogens is 1. The van der Waals surface area contributed by atoms with Gasteiger partial charge in [0.25, 0.3) is 5.95 Å². The summed E-state index contributed by atoms with van der Waals surface area (Å²) >= 11 is 3.42. The van der Waals surface area contributed by atoms with E-state index in [-0.39, 0.29) is 0 Å². The maximum absolute atomic E-state index is 4.66. The molecule has 0 aliphatic heterocycles. The van der Waals surface area contributed by atoms with Gasteiger partial charge in [0.2, 0.25) is 0 Å². The van der Waals surface area contributed by atoms with Gasteiger partial charge in [-0.3, -0.25) is 0 Å². The molecule has 4 aromatic rings. The van der Waals surface area contributed by atoms with E-state index in [0.717, 1.165) is 32.6 Å². The van der Waals surface area contributed by atoms with E-state index in [2.05, 4.69) is 41.6 Å². The molecule has 1 N–H and O–H groups in total. The summed E-state index contributed by atoms with van der Waals surface area (Å²) in [6, 6.07) is 27.7. The number of hydrogen-bond donors (Lipinski definition) is 1. The molecule has 1 heterocycles. The van der Waals surface area contributed by atoms with E-state index < -0.39 is 0 Å². The van der Waals surface area contributed by atoms with E-state index >= 15 is 0 Å². The molecule has 28 heavy (non-hydrogen) atoms. The van der Waals surface area contributed by atoms with Gasteiger partial charge in [-0.05, 0) is 17.7 Å². The van der Waals surface area contributed by atoms with Crippen LogP contribution in [0.25, 0.3) is 22.5 Å². The van der Waals surface area contributed by atoms with E-state index in [0.29, 0.717) is 5.95 Å². The summed E-state index contributed by atoms with van der Waals surface area (Å²) in [6.45, 7) is 0. The highest BCUT2D eigenvalue weighted by Gasteiger charge is 2.13. The molecule has 0 aliphatic carbocycles. The molecule has 5 nitrogen and oxygen atoms in total. The molecule has 4 rings (SSSR count). The minimum atomic E-state index is 0.340. The molecule has 6 heteroatoms. The molecule has 0 atom stereocenters. The van der Waals surface area contributed by atoms with Crippen LogP contribution >= 0.6 is 15.9 Å². The average Bonchev–Trinajstić information content (AvgIpc) is 2.76. The molecule has 0 aliphatic rings. The standard InChI is InChI=1S/C22H16BrN5/c23-19-13-11-16(12-14-19)15-24-27-22-25-20(17-7-3-1-4-8-17)21(26-28-22)18-9-5-2-6-10-18/h1-15H,(H,25,27,28)/b24-15+. The molecule has 0 saturated carbocycles. The largest absolute Gasteiger partial charge is 0.263 e. The molecule has 3 aromatic carbocycles. The Morgan fingerprint density at radius 1 is 0.714 bits per heavy atom. The van der Waals surface area contributed by atoms with Crippen molar-refractivity contribution in [1.29, 1.82) is 0 Å². The minimum absolute atomic E-state index is 0.340. The van der Waals surface area contributed by atoms with Crippen LogP contribution in [0.2, 0.25) is 0 Å². The van der Waals surface area contributed by atoms with E-state index in [4.69, 9.17) is 0 Å². The first kappa shape index (κ1) is 18.0. The number of rotatable bonds is 5. The maximum Gasteiger partial charge on any atom is 0.263 e. The fourth-order valence-electron chi connectivity index (χ4n) is 2.67. The molecular formula is C22H16BrN5. The molecule has 0 saturated heterocycles. The topological polar surface area (TPSA) is 63.1 Å². The Morgan fingerprint density at radius 2 is 1.32 bits per heavy atom. The first-order chi connectivity index (χ1) is 13.8. The minimum Gasteiger partial charge on any atom is -0.244 e. The van der Waals surface area contributed by atoms with E-state index in [1.165, 1.54) is 0 Å². The van der Waals surface area contributed by atoms with E-state index in [9.17, 15) is 0 Å². The van der Waals surface area contributed by atoms with Gasteiger partial charge in [0.1, 0.15) is 11.4 Å². The monoisotopic (exact) mass is 429 g/mol. The second-order valence-corrected chi connectivity index (χ2v) is 6.90. The predicted octanol–water partition coefficient (Wildman–Crippen LogP) is 5.41. The van der Waals surface area contributed by atoms with Gasteiger partial charge in [0.05, 0.1) is 6.21 Å². The van der Waals surface area contributed by atoms with Crippen LogP contribution in [0.3, 0.4) is 0 Å². The lowest BCUT2D eigenvalue weighted by atomic mass is 10.0. The van der Waals surface area contributed by atoms with Crippen molar-refractivity contribution in [2.24, 2.45) is 5.10 Å². The third-order valence-electron chi connectivity index (χ3n) is 4.03. The summed E-state index contributed by atoms with van der Waals surface area (Å²) in [5.41, 5.74) is 7.25. The van der Waals surface area contributed by atoms with Crippen LogP contribution in [-0.4, -0.2) is 21.4 Å². The highest BCUT2D eigenvalue weighted by atomic mass is 79.9. The second-order valence-electron chi connectivity index (χ2n) is 5.99. The van der Waals surface area contributed by atoms with Crippen LogP contribution in [0.1, 0.15) is 5.56 Å². The molecule has 0 amide bonds.